The fourth-order valence-electron chi connectivity index (χ4n) is 4.57. The Hall–Kier alpha value is -1.40. The number of amides is 1. The van der Waals surface area contributed by atoms with E-state index in [2.05, 4.69) is 14.9 Å². The molecule has 0 saturated carbocycles. The number of carbonyl (C=O) groups is 1. The summed E-state index contributed by atoms with van der Waals surface area (Å²) in [4.78, 5) is 17.7. The van der Waals surface area contributed by atoms with Gasteiger partial charge in [0.1, 0.15) is 0 Å². The number of aromatic nitrogens is 2. The lowest BCUT2D eigenvalue weighted by Gasteiger charge is -2.39. The van der Waals surface area contributed by atoms with Gasteiger partial charge in [-0.1, -0.05) is 0 Å². The maximum Gasteiger partial charge on any atom is 0.239 e. The van der Waals surface area contributed by atoms with Crippen LogP contribution < -0.4 is 0 Å². The summed E-state index contributed by atoms with van der Waals surface area (Å²) in [6, 6.07) is 3.06. The third-order valence-electron chi connectivity index (χ3n) is 5.91. The Morgan fingerprint density at radius 3 is 2.50 bits per heavy atom. The van der Waals surface area contributed by atoms with Crippen LogP contribution in [0.3, 0.4) is 0 Å². The molecule has 132 valence electrons. The third kappa shape index (κ3) is 3.22. The molecular formula is C18H28N4O2. The van der Waals surface area contributed by atoms with E-state index in [1.165, 1.54) is 0 Å². The van der Waals surface area contributed by atoms with Gasteiger partial charge >= 0.3 is 0 Å². The van der Waals surface area contributed by atoms with Crippen molar-refractivity contribution in [1.29, 1.82) is 0 Å². The van der Waals surface area contributed by atoms with E-state index in [1.54, 1.807) is 0 Å². The Labute approximate surface area is 143 Å². The van der Waals surface area contributed by atoms with Crippen molar-refractivity contribution in [3.63, 3.8) is 0 Å². The zero-order valence-corrected chi connectivity index (χ0v) is 14.3. The van der Waals surface area contributed by atoms with Crippen LogP contribution in [0.25, 0.3) is 0 Å². The lowest BCUT2D eigenvalue weighted by molar-refractivity contribution is -0.138. The summed E-state index contributed by atoms with van der Waals surface area (Å²) >= 11 is 0. The van der Waals surface area contributed by atoms with Crippen molar-refractivity contribution < 1.29 is 9.53 Å². The minimum Gasteiger partial charge on any atom is -0.381 e. The van der Waals surface area contributed by atoms with Gasteiger partial charge in [-0.2, -0.15) is 5.10 Å². The molecule has 0 aromatic carbocycles. The molecule has 1 atom stereocenters. The van der Waals surface area contributed by atoms with Crippen LogP contribution in [0.1, 0.15) is 44.6 Å². The second-order valence-electron chi connectivity index (χ2n) is 7.28. The van der Waals surface area contributed by atoms with Crippen molar-refractivity contribution in [1.82, 2.24) is 19.6 Å². The highest BCUT2D eigenvalue weighted by atomic mass is 16.5. The number of carbonyl (C=O) groups excluding carboxylic acids is 1. The quantitative estimate of drug-likeness (QED) is 0.845. The zero-order chi connectivity index (χ0) is 16.4. The number of rotatable bonds is 3. The molecule has 3 fully saturated rings. The summed E-state index contributed by atoms with van der Waals surface area (Å²) in [6.45, 7) is 4.49. The number of likely N-dealkylation sites (tertiary alicyclic amines) is 2. The van der Waals surface area contributed by atoms with Gasteiger partial charge in [0.2, 0.25) is 5.91 Å². The van der Waals surface area contributed by atoms with Crippen molar-refractivity contribution in [3.8, 4) is 0 Å². The van der Waals surface area contributed by atoms with E-state index < -0.39 is 0 Å². The van der Waals surface area contributed by atoms with Gasteiger partial charge in [-0.05, 0) is 51.1 Å². The highest BCUT2D eigenvalue weighted by Crippen LogP contribution is 2.28. The highest BCUT2D eigenvalue weighted by Gasteiger charge is 2.38. The lowest BCUT2D eigenvalue weighted by Crippen LogP contribution is -2.52. The molecule has 0 spiro atoms. The van der Waals surface area contributed by atoms with Gasteiger partial charge in [0, 0.05) is 44.7 Å². The van der Waals surface area contributed by atoms with Crippen molar-refractivity contribution in [2.24, 2.45) is 0 Å². The van der Waals surface area contributed by atoms with Crippen molar-refractivity contribution in [2.45, 2.75) is 56.7 Å². The Bertz CT molecular complexity index is 533. The molecule has 4 rings (SSSR count). The largest absolute Gasteiger partial charge is 0.381 e. The first-order chi connectivity index (χ1) is 11.8. The van der Waals surface area contributed by atoms with E-state index in [9.17, 15) is 4.79 Å². The zero-order valence-electron chi connectivity index (χ0n) is 14.3. The normalized spacial score (nSPS) is 27.7. The SMILES string of the molecule is O=C([C@@H]1CCCN1C1CCOCC1)N1CCC(n2cccn2)CC1. The summed E-state index contributed by atoms with van der Waals surface area (Å²) in [5, 5.41) is 4.35. The Kier molecular flexibility index (Phi) is 4.85. The van der Waals surface area contributed by atoms with Gasteiger partial charge in [-0.3, -0.25) is 14.4 Å². The molecule has 0 unspecified atom stereocenters. The monoisotopic (exact) mass is 332 g/mol. The van der Waals surface area contributed by atoms with Crippen LogP contribution in [0.15, 0.2) is 18.5 Å². The molecule has 24 heavy (non-hydrogen) atoms. The number of nitrogens with zero attached hydrogens (tertiary/aromatic N) is 4. The first-order valence-electron chi connectivity index (χ1n) is 9.44. The predicted octanol–water partition coefficient (Wildman–Crippen LogP) is 1.69. The summed E-state index contributed by atoms with van der Waals surface area (Å²) < 4.78 is 7.54. The van der Waals surface area contributed by atoms with Crippen LogP contribution in [0, 0.1) is 0 Å². The molecule has 0 bridgehead atoms. The van der Waals surface area contributed by atoms with E-state index in [-0.39, 0.29) is 6.04 Å². The minimum absolute atomic E-state index is 0.106. The van der Waals surface area contributed by atoms with E-state index in [0.717, 1.165) is 71.4 Å². The first-order valence-corrected chi connectivity index (χ1v) is 9.44. The summed E-state index contributed by atoms with van der Waals surface area (Å²) in [7, 11) is 0. The maximum absolute atomic E-state index is 13.1. The summed E-state index contributed by atoms with van der Waals surface area (Å²) in [6.07, 6.45) is 10.2. The van der Waals surface area contributed by atoms with Gasteiger partial charge in [-0.15, -0.1) is 0 Å². The molecule has 3 saturated heterocycles. The summed E-state index contributed by atoms with van der Waals surface area (Å²) in [5.74, 6) is 0.359. The van der Waals surface area contributed by atoms with E-state index in [4.69, 9.17) is 4.74 Å². The van der Waals surface area contributed by atoms with Crippen LogP contribution in [0.4, 0.5) is 0 Å². The van der Waals surface area contributed by atoms with Crippen LogP contribution in [-0.2, 0) is 9.53 Å². The molecule has 3 aliphatic heterocycles. The van der Waals surface area contributed by atoms with E-state index in [1.807, 2.05) is 23.1 Å². The van der Waals surface area contributed by atoms with Crippen LogP contribution in [-0.4, -0.2) is 70.4 Å². The predicted molar refractivity (Wildman–Crippen MR) is 90.6 cm³/mol. The van der Waals surface area contributed by atoms with Crippen LogP contribution >= 0.6 is 0 Å². The smallest absolute Gasteiger partial charge is 0.239 e. The molecule has 1 amide bonds. The molecule has 0 radical (unpaired) electrons. The molecule has 6 nitrogen and oxygen atoms in total. The van der Waals surface area contributed by atoms with Gasteiger partial charge < -0.3 is 9.64 Å². The molecule has 3 aliphatic rings. The average Bonchev–Trinajstić information content (AvgIpc) is 3.34. The number of ether oxygens (including phenoxy) is 1. The second kappa shape index (κ2) is 7.23. The first kappa shape index (κ1) is 16.1. The lowest BCUT2D eigenvalue weighted by atomic mass is 10.0. The second-order valence-corrected chi connectivity index (χ2v) is 7.28. The molecule has 4 heterocycles. The number of piperidine rings is 1. The van der Waals surface area contributed by atoms with Crippen molar-refractivity contribution >= 4 is 5.91 Å². The van der Waals surface area contributed by atoms with E-state index in [0.29, 0.717) is 18.0 Å². The Balaban J connectivity index is 1.35. The third-order valence-corrected chi connectivity index (χ3v) is 5.91. The molecular weight excluding hydrogens is 304 g/mol. The van der Waals surface area contributed by atoms with Crippen LogP contribution in [0.5, 0.6) is 0 Å². The minimum atomic E-state index is 0.106. The standard InChI is InChI=1S/C18H28N4O2/c23-18(17-3-1-9-21(17)15-6-13-24-14-7-15)20-11-4-16(5-12-20)22-10-2-8-19-22/h2,8,10,15-17H,1,3-7,9,11-14H2/t17-/m0/s1. The maximum atomic E-state index is 13.1. The Morgan fingerprint density at radius 1 is 1.00 bits per heavy atom. The average molecular weight is 332 g/mol. The number of hydrogen-bond acceptors (Lipinski definition) is 4. The Morgan fingerprint density at radius 2 is 1.79 bits per heavy atom. The van der Waals surface area contributed by atoms with E-state index >= 15 is 0 Å². The van der Waals surface area contributed by atoms with Crippen LogP contribution in [0.2, 0.25) is 0 Å². The van der Waals surface area contributed by atoms with Crippen molar-refractivity contribution in [3.05, 3.63) is 18.5 Å². The molecule has 1 aromatic rings. The van der Waals surface area contributed by atoms with Gasteiger partial charge in [0.15, 0.2) is 0 Å². The highest BCUT2D eigenvalue weighted by molar-refractivity contribution is 5.82. The fourth-order valence-corrected chi connectivity index (χ4v) is 4.57. The molecule has 0 N–H and O–H groups in total. The fraction of sp³-hybridized carbons (Fsp3) is 0.778. The topological polar surface area (TPSA) is 50.6 Å². The molecule has 6 heteroatoms. The molecule has 0 aliphatic carbocycles. The molecule has 1 aromatic heterocycles. The van der Waals surface area contributed by atoms with Gasteiger partial charge in [0.25, 0.3) is 0 Å². The van der Waals surface area contributed by atoms with Gasteiger partial charge in [-0.25, -0.2) is 0 Å². The summed E-state index contributed by atoms with van der Waals surface area (Å²) in [5.41, 5.74) is 0. The number of hydrogen-bond donors (Lipinski definition) is 0. The van der Waals surface area contributed by atoms with Gasteiger partial charge in [0.05, 0.1) is 12.1 Å². The van der Waals surface area contributed by atoms with Crippen molar-refractivity contribution in [2.75, 3.05) is 32.8 Å².